The number of carbonyl (C=O) groups is 1. The lowest BCUT2D eigenvalue weighted by Crippen LogP contribution is -2.01. The van der Waals surface area contributed by atoms with Gasteiger partial charge in [0.2, 0.25) is 5.82 Å². The van der Waals surface area contributed by atoms with Crippen LogP contribution in [0.4, 0.5) is 5.69 Å². The summed E-state index contributed by atoms with van der Waals surface area (Å²) in [6.07, 6.45) is 2.72. The van der Waals surface area contributed by atoms with Gasteiger partial charge in [0.15, 0.2) is 6.61 Å². The van der Waals surface area contributed by atoms with Gasteiger partial charge in [0.1, 0.15) is 0 Å². The number of nitro benzene ring substituents is 1. The minimum Gasteiger partial charge on any atom is -0.452 e. The molecule has 8 heteroatoms. The fraction of sp³-hybridized carbons (Fsp3) is 0.105. The van der Waals surface area contributed by atoms with Crippen molar-refractivity contribution in [3.8, 4) is 11.4 Å². The van der Waals surface area contributed by atoms with Gasteiger partial charge in [0.25, 0.3) is 11.6 Å². The van der Waals surface area contributed by atoms with Crippen molar-refractivity contribution in [1.29, 1.82) is 0 Å². The quantitative estimate of drug-likeness (QED) is 0.283. The van der Waals surface area contributed by atoms with Crippen molar-refractivity contribution in [3.63, 3.8) is 0 Å². The predicted molar refractivity (Wildman–Crippen MR) is 96.4 cm³/mol. The summed E-state index contributed by atoms with van der Waals surface area (Å²) >= 11 is 0. The van der Waals surface area contributed by atoms with Crippen LogP contribution in [0.15, 0.2) is 59.1 Å². The maximum Gasteiger partial charge on any atom is 0.331 e. The van der Waals surface area contributed by atoms with E-state index in [1.807, 2.05) is 31.2 Å². The second-order valence-electron chi connectivity index (χ2n) is 5.62. The van der Waals surface area contributed by atoms with Crippen LogP contribution in [-0.4, -0.2) is 21.0 Å². The highest BCUT2D eigenvalue weighted by Gasteiger charge is 2.11. The predicted octanol–water partition coefficient (Wildman–Crippen LogP) is 3.71. The van der Waals surface area contributed by atoms with Gasteiger partial charge >= 0.3 is 5.97 Å². The summed E-state index contributed by atoms with van der Waals surface area (Å²) in [7, 11) is 0. The number of benzene rings is 2. The highest BCUT2D eigenvalue weighted by molar-refractivity contribution is 5.87. The Balaban J connectivity index is 1.56. The number of aromatic nitrogens is 2. The molecule has 3 rings (SSSR count). The van der Waals surface area contributed by atoms with Crippen LogP contribution in [0.3, 0.4) is 0 Å². The number of nitrogens with zero attached hydrogens (tertiary/aromatic N) is 3. The Morgan fingerprint density at radius 3 is 2.67 bits per heavy atom. The van der Waals surface area contributed by atoms with E-state index in [1.54, 1.807) is 0 Å². The summed E-state index contributed by atoms with van der Waals surface area (Å²) in [5, 5.41) is 14.5. The van der Waals surface area contributed by atoms with Crippen molar-refractivity contribution < 1.29 is 19.0 Å². The number of rotatable bonds is 6. The van der Waals surface area contributed by atoms with E-state index in [-0.39, 0.29) is 18.2 Å². The van der Waals surface area contributed by atoms with Crippen molar-refractivity contribution in [3.05, 3.63) is 81.7 Å². The third kappa shape index (κ3) is 4.63. The average molecular weight is 365 g/mol. The summed E-state index contributed by atoms with van der Waals surface area (Å²) < 4.78 is 10.2. The Bertz CT molecular complexity index is 993. The lowest BCUT2D eigenvalue weighted by Gasteiger charge is -1.98. The van der Waals surface area contributed by atoms with E-state index in [2.05, 4.69) is 10.1 Å². The van der Waals surface area contributed by atoms with Crippen LogP contribution in [0.2, 0.25) is 0 Å². The third-order valence-electron chi connectivity index (χ3n) is 3.71. The first-order valence-corrected chi connectivity index (χ1v) is 8.01. The fourth-order valence-electron chi connectivity index (χ4n) is 2.30. The lowest BCUT2D eigenvalue weighted by molar-refractivity contribution is -0.384. The number of hydrogen-bond donors (Lipinski definition) is 0. The Morgan fingerprint density at radius 1 is 1.22 bits per heavy atom. The number of hydrogen-bond acceptors (Lipinski definition) is 7. The summed E-state index contributed by atoms with van der Waals surface area (Å²) in [6, 6.07) is 13.4. The van der Waals surface area contributed by atoms with Gasteiger partial charge in [0, 0.05) is 23.8 Å². The molecular weight excluding hydrogens is 350 g/mol. The molecule has 0 saturated carbocycles. The van der Waals surface area contributed by atoms with Gasteiger partial charge in [0.05, 0.1) is 4.92 Å². The second kappa shape index (κ2) is 8.05. The van der Waals surface area contributed by atoms with E-state index in [4.69, 9.17) is 9.26 Å². The molecule has 136 valence electrons. The highest BCUT2D eigenvalue weighted by atomic mass is 16.6. The number of aryl methyl sites for hydroxylation is 1. The molecule has 1 heterocycles. The lowest BCUT2D eigenvalue weighted by atomic mass is 10.1. The molecule has 0 bridgehead atoms. The van der Waals surface area contributed by atoms with E-state index >= 15 is 0 Å². The molecular formula is C19H15N3O5. The standard InChI is InChI=1S/C19H15N3O5/c1-13-4-2-3-5-16(13)19-20-17(27-21-19)12-26-18(23)11-8-14-6-9-15(10-7-14)22(24)25/h2-11H,12H2,1H3/b11-8+. The average Bonchev–Trinajstić information content (AvgIpc) is 3.14. The van der Waals surface area contributed by atoms with Gasteiger partial charge < -0.3 is 9.26 Å². The van der Waals surface area contributed by atoms with Crippen molar-refractivity contribution in [2.45, 2.75) is 13.5 Å². The molecule has 0 aliphatic carbocycles. The maximum atomic E-state index is 11.8. The molecule has 27 heavy (non-hydrogen) atoms. The Kier molecular flexibility index (Phi) is 5.36. The first kappa shape index (κ1) is 18.0. The summed E-state index contributed by atoms with van der Waals surface area (Å²) in [5.74, 6) is 0.0231. The molecule has 1 aromatic heterocycles. The van der Waals surface area contributed by atoms with E-state index in [0.29, 0.717) is 11.4 Å². The van der Waals surface area contributed by atoms with Crippen LogP contribution < -0.4 is 0 Å². The molecule has 0 radical (unpaired) electrons. The molecule has 0 saturated heterocycles. The van der Waals surface area contributed by atoms with Crippen LogP contribution in [0.5, 0.6) is 0 Å². The van der Waals surface area contributed by atoms with Crippen LogP contribution in [0.1, 0.15) is 17.0 Å². The summed E-state index contributed by atoms with van der Waals surface area (Å²) in [4.78, 5) is 26.1. The van der Waals surface area contributed by atoms with Crippen LogP contribution in [0, 0.1) is 17.0 Å². The number of nitro groups is 1. The molecule has 8 nitrogen and oxygen atoms in total. The first-order valence-electron chi connectivity index (χ1n) is 8.01. The first-order chi connectivity index (χ1) is 13.0. The van der Waals surface area contributed by atoms with Gasteiger partial charge in [-0.2, -0.15) is 4.98 Å². The molecule has 0 N–H and O–H groups in total. The Morgan fingerprint density at radius 2 is 1.96 bits per heavy atom. The van der Waals surface area contributed by atoms with Crippen molar-refractivity contribution in [2.75, 3.05) is 0 Å². The molecule has 0 unspecified atom stereocenters. The van der Waals surface area contributed by atoms with E-state index < -0.39 is 10.9 Å². The summed E-state index contributed by atoms with van der Waals surface area (Å²) in [5.41, 5.74) is 2.47. The smallest absolute Gasteiger partial charge is 0.331 e. The van der Waals surface area contributed by atoms with Crippen LogP contribution >= 0.6 is 0 Å². The van der Waals surface area contributed by atoms with Crippen molar-refractivity contribution in [2.24, 2.45) is 0 Å². The second-order valence-corrected chi connectivity index (χ2v) is 5.62. The summed E-state index contributed by atoms with van der Waals surface area (Å²) in [6.45, 7) is 1.79. The van der Waals surface area contributed by atoms with Crippen molar-refractivity contribution >= 4 is 17.7 Å². The molecule has 0 atom stereocenters. The minimum atomic E-state index is -0.594. The van der Waals surface area contributed by atoms with Gasteiger partial charge in [-0.1, -0.05) is 29.4 Å². The molecule has 0 fully saturated rings. The van der Waals surface area contributed by atoms with Crippen molar-refractivity contribution in [1.82, 2.24) is 10.1 Å². The molecule has 0 aliphatic heterocycles. The molecule has 3 aromatic rings. The SMILES string of the molecule is Cc1ccccc1-c1noc(COC(=O)/C=C/c2ccc([N+](=O)[O-])cc2)n1. The van der Waals surface area contributed by atoms with E-state index in [0.717, 1.165) is 11.1 Å². The molecule has 0 amide bonds. The number of non-ortho nitro benzene ring substituents is 1. The Labute approximate surface area is 154 Å². The monoisotopic (exact) mass is 365 g/mol. The van der Waals surface area contributed by atoms with E-state index in [1.165, 1.54) is 36.4 Å². The van der Waals surface area contributed by atoms with Gasteiger partial charge in [-0.25, -0.2) is 4.79 Å². The fourth-order valence-corrected chi connectivity index (χ4v) is 2.30. The largest absolute Gasteiger partial charge is 0.452 e. The van der Waals surface area contributed by atoms with Gasteiger partial charge in [-0.05, 0) is 36.3 Å². The number of ether oxygens (including phenoxy) is 1. The topological polar surface area (TPSA) is 108 Å². The molecule has 2 aromatic carbocycles. The number of esters is 1. The normalized spacial score (nSPS) is 10.9. The van der Waals surface area contributed by atoms with Gasteiger partial charge in [-0.3, -0.25) is 10.1 Å². The zero-order chi connectivity index (χ0) is 19.2. The third-order valence-corrected chi connectivity index (χ3v) is 3.71. The number of carbonyl (C=O) groups excluding carboxylic acids is 1. The zero-order valence-electron chi connectivity index (χ0n) is 14.4. The minimum absolute atomic E-state index is 0.0180. The van der Waals surface area contributed by atoms with Crippen LogP contribution in [-0.2, 0) is 16.1 Å². The zero-order valence-corrected chi connectivity index (χ0v) is 14.4. The maximum absolute atomic E-state index is 11.8. The van der Waals surface area contributed by atoms with Gasteiger partial charge in [-0.15, -0.1) is 0 Å². The highest BCUT2D eigenvalue weighted by Crippen LogP contribution is 2.20. The Hall–Kier alpha value is -3.81. The molecule has 0 aliphatic rings. The van der Waals surface area contributed by atoms with Crippen LogP contribution in [0.25, 0.3) is 17.5 Å². The van der Waals surface area contributed by atoms with E-state index in [9.17, 15) is 14.9 Å². The molecule has 0 spiro atoms.